The van der Waals surface area contributed by atoms with Gasteiger partial charge in [0.1, 0.15) is 23.7 Å². The van der Waals surface area contributed by atoms with Crippen LogP contribution in [0, 0.1) is 5.92 Å². The standard InChI is InChI=1S/C12H14O4/c1-3-9(8-13)12(14)16-11-6-4-10(15-2)5-7-11/h4-9H,3H2,1-2H3. The normalized spacial score (nSPS) is 11.6. The van der Waals surface area contributed by atoms with Gasteiger partial charge in [-0.3, -0.25) is 4.79 Å². The van der Waals surface area contributed by atoms with Crippen LogP contribution < -0.4 is 9.47 Å². The molecule has 0 spiro atoms. The molecule has 0 fully saturated rings. The zero-order valence-corrected chi connectivity index (χ0v) is 9.30. The zero-order valence-electron chi connectivity index (χ0n) is 9.30. The van der Waals surface area contributed by atoms with Crippen molar-refractivity contribution in [1.82, 2.24) is 0 Å². The van der Waals surface area contributed by atoms with E-state index in [1.807, 2.05) is 0 Å². The van der Waals surface area contributed by atoms with Crippen molar-refractivity contribution < 1.29 is 19.1 Å². The molecule has 4 heteroatoms. The number of aldehydes is 1. The molecule has 1 aromatic carbocycles. The highest BCUT2D eigenvalue weighted by Gasteiger charge is 2.17. The van der Waals surface area contributed by atoms with E-state index in [9.17, 15) is 9.59 Å². The van der Waals surface area contributed by atoms with Crippen molar-refractivity contribution in [3.8, 4) is 11.5 Å². The third-order valence-corrected chi connectivity index (χ3v) is 2.18. The van der Waals surface area contributed by atoms with Gasteiger partial charge in [-0.05, 0) is 30.7 Å². The van der Waals surface area contributed by atoms with Gasteiger partial charge in [0.05, 0.1) is 7.11 Å². The summed E-state index contributed by atoms with van der Waals surface area (Å²) in [5.41, 5.74) is 0. The number of benzene rings is 1. The fourth-order valence-electron chi connectivity index (χ4n) is 1.15. The van der Waals surface area contributed by atoms with Crippen molar-refractivity contribution in [3.63, 3.8) is 0 Å². The number of hydrogen-bond donors (Lipinski definition) is 0. The second-order valence-corrected chi connectivity index (χ2v) is 3.25. The number of carbonyl (C=O) groups is 2. The van der Waals surface area contributed by atoms with Gasteiger partial charge in [0.15, 0.2) is 0 Å². The van der Waals surface area contributed by atoms with Crippen LogP contribution in [0.3, 0.4) is 0 Å². The van der Waals surface area contributed by atoms with Crippen molar-refractivity contribution in [1.29, 1.82) is 0 Å². The second kappa shape index (κ2) is 5.90. The lowest BCUT2D eigenvalue weighted by molar-refractivity contribution is -0.141. The van der Waals surface area contributed by atoms with E-state index < -0.39 is 11.9 Å². The molecule has 0 saturated carbocycles. The zero-order chi connectivity index (χ0) is 12.0. The molecule has 86 valence electrons. The molecular formula is C12H14O4. The fraction of sp³-hybridized carbons (Fsp3) is 0.333. The molecule has 0 aliphatic heterocycles. The first-order valence-corrected chi connectivity index (χ1v) is 5.02. The molecule has 0 amide bonds. The minimum Gasteiger partial charge on any atom is -0.497 e. The van der Waals surface area contributed by atoms with Crippen molar-refractivity contribution in [2.24, 2.45) is 5.92 Å². The van der Waals surface area contributed by atoms with Crippen LogP contribution in [0.5, 0.6) is 11.5 Å². The number of esters is 1. The average Bonchev–Trinajstić information content (AvgIpc) is 2.31. The summed E-state index contributed by atoms with van der Waals surface area (Å²) in [7, 11) is 1.56. The Morgan fingerprint density at radius 1 is 1.31 bits per heavy atom. The smallest absolute Gasteiger partial charge is 0.321 e. The molecule has 1 unspecified atom stereocenters. The van der Waals surface area contributed by atoms with Crippen LogP contribution in [0.15, 0.2) is 24.3 Å². The Kier molecular flexibility index (Phi) is 4.51. The fourth-order valence-corrected chi connectivity index (χ4v) is 1.15. The summed E-state index contributed by atoms with van der Waals surface area (Å²) in [6.07, 6.45) is 1.05. The van der Waals surface area contributed by atoms with Gasteiger partial charge in [0, 0.05) is 0 Å². The predicted octanol–water partition coefficient (Wildman–Crippen LogP) is 1.83. The van der Waals surface area contributed by atoms with Gasteiger partial charge >= 0.3 is 5.97 Å². The van der Waals surface area contributed by atoms with Gasteiger partial charge < -0.3 is 14.3 Å². The SMILES string of the molecule is CCC(C=O)C(=O)Oc1ccc(OC)cc1. The molecule has 0 saturated heterocycles. The van der Waals surface area contributed by atoms with Crippen LogP contribution in [0.1, 0.15) is 13.3 Å². The van der Waals surface area contributed by atoms with E-state index in [0.29, 0.717) is 24.2 Å². The van der Waals surface area contributed by atoms with Crippen LogP contribution in [-0.2, 0) is 9.59 Å². The van der Waals surface area contributed by atoms with E-state index >= 15 is 0 Å². The lowest BCUT2D eigenvalue weighted by Crippen LogP contribution is -2.20. The number of ether oxygens (including phenoxy) is 2. The highest BCUT2D eigenvalue weighted by atomic mass is 16.5. The minimum absolute atomic E-state index is 0.408. The van der Waals surface area contributed by atoms with Gasteiger partial charge in [-0.15, -0.1) is 0 Å². The van der Waals surface area contributed by atoms with Crippen LogP contribution >= 0.6 is 0 Å². The first-order chi connectivity index (χ1) is 7.71. The third kappa shape index (κ3) is 3.08. The maximum atomic E-state index is 11.4. The van der Waals surface area contributed by atoms with Crippen LogP contribution in [-0.4, -0.2) is 19.4 Å². The van der Waals surface area contributed by atoms with E-state index in [1.54, 1.807) is 38.3 Å². The molecule has 0 aliphatic rings. The van der Waals surface area contributed by atoms with Gasteiger partial charge in [-0.1, -0.05) is 6.92 Å². The Morgan fingerprint density at radius 3 is 2.31 bits per heavy atom. The third-order valence-electron chi connectivity index (χ3n) is 2.18. The van der Waals surface area contributed by atoms with E-state index in [2.05, 4.69) is 0 Å². The predicted molar refractivity (Wildman–Crippen MR) is 58.5 cm³/mol. The topological polar surface area (TPSA) is 52.6 Å². The molecule has 0 radical (unpaired) electrons. The Bertz CT molecular complexity index is 356. The van der Waals surface area contributed by atoms with E-state index in [0.717, 1.165) is 0 Å². The molecule has 0 aromatic heterocycles. The maximum Gasteiger partial charge on any atom is 0.321 e. The molecular weight excluding hydrogens is 208 g/mol. The van der Waals surface area contributed by atoms with Crippen LogP contribution in [0.2, 0.25) is 0 Å². The molecule has 1 atom stereocenters. The lowest BCUT2D eigenvalue weighted by Gasteiger charge is -2.08. The molecule has 1 aromatic rings. The largest absolute Gasteiger partial charge is 0.497 e. The average molecular weight is 222 g/mol. The van der Waals surface area contributed by atoms with Crippen molar-refractivity contribution >= 4 is 12.3 Å². The molecule has 4 nitrogen and oxygen atoms in total. The van der Waals surface area contributed by atoms with E-state index in [4.69, 9.17) is 9.47 Å². The summed E-state index contributed by atoms with van der Waals surface area (Å²) < 4.78 is 10.00. The number of carbonyl (C=O) groups excluding carboxylic acids is 2. The summed E-state index contributed by atoms with van der Waals surface area (Å²) in [5.74, 6) is -0.127. The van der Waals surface area contributed by atoms with E-state index in [1.165, 1.54) is 0 Å². The van der Waals surface area contributed by atoms with Crippen molar-refractivity contribution in [3.05, 3.63) is 24.3 Å². The quantitative estimate of drug-likeness (QED) is 0.330. The highest BCUT2D eigenvalue weighted by molar-refractivity contribution is 5.88. The van der Waals surface area contributed by atoms with E-state index in [-0.39, 0.29) is 0 Å². The number of rotatable bonds is 5. The molecule has 0 N–H and O–H groups in total. The summed E-state index contributed by atoms with van der Waals surface area (Å²) in [6.45, 7) is 1.76. The second-order valence-electron chi connectivity index (χ2n) is 3.25. The molecule has 16 heavy (non-hydrogen) atoms. The summed E-state index contributed by atoms with van der Waals surface area (Å²) >= 11 is 0. The summed E-state index contributed by atoms with van der Waals surface area (Å²) in [4.78, 5) is 22.0. The van der Waals surface area contributed by atoms with Gasteiger partial charge in [0.25, 0.3) is 0 Å². The van der Waals surface area contributed by atoms with Crippen molar-refractivity contribution in [2.75, 3.05) is 7.11 Å². The van der Waals surface area contributed by atoms with Crippen LogP contribution in [0.4, 0.5) is 0 Å². The van der Waals surface area contributed by atoms with Gasteiger partial charge in [-0.2, -0.15) is 0 Å². The molecule has 0 heterocycles. The summed E-state index contributed by atoms with van der Waals surface area (Å²) in [6, 6.07) is 6.61. The van der Waals surface area contributed by atoms with Crippen LogP contribution in [0.25, 0.3) is 0 Å². The van der Waals surface area contributed by atoms with Gasteiger partial charge in [-0.25, -0.2) is 0 Å². The van der Waals surface area contributed by atoms with Crippen molar-refractivity contribution in [2.45, 2.75) is 13.3 Å². The maximum absolute atomic E-state index is 11.4. The Labute approximate surface area is 94.2 Å². The molecule has 0 aliphatic carbocycles. The Morgan fingerprint density at radius 2 is 1.88 bits per heavy atom. The monoisotopic (exact) mass is 222 g/mol. The Balaban J connectivity index is 2.65. The Hall–Kier alpha value is -1.84. The lowest BCUT2D eigenvalue weighted by atomic mass is 10.1. The highest BCUT2D eigenvalue weighted by Crippen LogP contribution is 2.18. The van der Waals surface area contributed by atoms with Gasteiger partial charge in [0.2, 0.25) is 0 Å². The summed E-state index contributed by atoms with van der Waals surface area (Å²) in [5, 5.41) is 0. The first kappa shape index (κ1) is 12.2. The minimum atomic E-state index is -0.692. The molecule has 1 rings (SSSR count). The molecule has 0 bridgehead atoms. The number of hydrogen-bond acceptors (Lipinski definition) is 4. The number of methoxy groups -OCH3 is 1. The first-order valence-electron chi connectivity index (χ1n) is 5.02.